The van der Waals surface area contributed by atoms with Crippen LogP contribution in [-0.2, 0) is 26.1 Å². The minimum Gasteiger partial charge on any atom is -0.465 e. The van der Waals surface area contributed by atoms with Crippen LogP contribution >= 0.6 is 38.6 Å². The van der Waals surface area contributed by atoms with Gasteiger partial charge in [0.25, 0.3) is 10.0 Å². The molecular weight excluding hydrogens is 448 g/mol. The number of thiazole rings is 1. The van der Waals surface area contributed by atoms with Gasteiger partial charge in [0.1, 0.15) is 10.8 Å². The molecule has 0 aliphatic rings. The monoisotopic (exact) mass is 460 g/mol. The molecule has 3 rings (SSSR count). The summed E-state index contributed by atoms with van der Waals surface area (Å²) >= 11 is 5.70. The first kappa shape index (κ1) is 18.3. The summed E-state index contributed by atoms with van der Waals surface area (Å²) in [6.07, 6.45) is 0. The van der Waals surface area contributed by atoms with Gasteiger partial charge >= 0.3 is 5.97 Å². The van der Waals surface area contributed by atoms with E-state index in [-0.39, 0.29) is 22.2 Å². The van der Waals surface area contributed by atoms with E-state index < -0.39 is 16.0 Å². The van der Waals surface area contributed by atoms with E-state index in [0.717, 1.165) is 26.0 Å². The predicted octanol–water partition coefficient (Wildman–Crippen LogP) is 3.38. The smallest absolute Gasteiger partial charge is 0.326 e. The van der Waals surface area contributed by atoms with Crippen molar-refractivity contribution in [2.75, 3.05) is 6.61 Å². The van der Waals surface area contributed by atoms with Gasteiger partial charge in [0.15, 0.2) is 0 Å². The van der Waals surface area contributed by atoms with E-state index in [9.17, 15) is 13.2 Å². The first-order valence-electron chi connectivity index (χ1n) is 7.20. The van der Waals surface area contributed by atoms with Crippen LogP contribution < -0.4 is 4.80 Å². The van der Waals surface area contributed by atoms with Crippen LogP contribution in [0.25, 0.3) is 10.2 Å². The zero-order valence-corrected chi connectivity index (χ0v) is 17.0. The molecule has 0 N–H and O–H groups in total. The molecular formula is C15H13BrN2O4S3. The fourth-order valence-electron chi connectivity index (χ4n) is 2.16. The minimum absolute atomic E-state index is 0.103. The van der Waals surface area contributed by atoms with E-state index >= 15 is 0 Å². The van der Waals surface area contributed by atoms with E-state index in [4.69, 9.17) is 4.74 Å². The van der Waals surface area contributed by atoms with Crippen molar-refractivity contribution in [1.29, 1.82) is 0 Å². The molecule has 0 bridgehead atoms. The summed E-state index contributed by atoms with van der Waals surface area (Å²) in [6, 6.07) is 8.66. The second-order valence-electron chi connectivity index (χ2n) is 4.89. The molecule has 2 aromatic heterocycles. The highest BCUT2D eigenvalue weighted by Crippen LogP contribution is 2.23. The van der Waals surface area contributed by atoms with Crippen LogP contribution in [0.4, 0.5) is 0 Å². The van der Waals surface area contributed by atoms with Gasteiger partial charge in [-0.1, -0.05) is 33.3 Å². The van der Waals surface area contributed by atoms with Crippen molar-refractivity contribution in [2.45, 2.75) is 17.7 Å². The van der Waals surface area contributed by atoms with Crippen LogP contribution in [0.1, 0.15) is 6.92 Å². The molecule has 132 valence electrons. The number of halogens is 1. The summed E-state index contributed by atoms with van der Waals surface area (Å²) < 4.78 is 37.3. The molecule has 0 aliphatic heterocycles. The Balaban J connectivity index is 2.19. The number of hydrogen-bond acceptors (Lipinski definition) is 6. The van der Waals surface area contributed by atoms with Gasteiger partial charge in [-0.15, -0.1) is 15.7 Å². The molecule has 0 spiro atoms. The fraction of sp³-hybridized carbons (Fsp3) is 0.200. The lowest BCUT2D eigenvalue weighted by Gasteiger charge is -2.05. The van der Waals surface area contributed by atoms with E-state index in [1.165, 1.54) is 17.4 Å². The van der Waals surface area contributed by atoms with Gasteiger partial charge in [0, 0.05) is 4.47 Å². The molecule has 1 aromatic carbocycles. The van der Waals surface area contributed by atoms with Crippen LogP contribution in [0.2, 0.25) is 0 Å². The number of carbonyl (C=O) groups excluding carboxylic acids is 1. The third-order valence-electron chi connectivity index (χ3n) is 3.18. The molecule has 0 unspecified atom stereocenters. The number of rotatable bonds is 5. The Morgan fingerprint density at radius 2 is 2.16 bits per heavy atom. The SMILES string of the molecule is CCOC(=O)Cn1/c(=N/S(=O)(=O)c2cccs2)sc2cc(Br)ccc21. The number of thiophene rings is 1. The number of aromatic nitrogens is 1. The van der Waals surface area contributed by atoms with Gasteiger partial charge in [-0.25, -0.2) is 0 Å². The quantitative estimate of drug-likeness (QED) is 0.546. The highest BCUT2D eigenvalue weighted by molar-refractivity contribution is 9.10. The van der Waals surface area contributed by atoms with Crippen molar-refractivity contribution in [3.05, 3.63) is 45.0 Å². The van der Waals surface area contributed by atoms with Crippen molar-refractivity contribution < 1.29 is 17.9 Å². The van der Waals surface area contributed by atoms with Crippen molar-refractivity contribution in [3.63, 3.8) is 0 Å². The van der Waals surface area contributed by atoms with Crippen molar-refractivity contribution in [1.82, 2.24) is 4.57 Å². The maximum Gasteiger partial charge on any atom is 0.326 e. The summed E-state index contributed by atoms with van der Waals surface area (Å²) in [5.74, 6) is -0.444. The number of benzene rings is 1. The van der Waals surface area contributed by atoms with Crippen LogP contribution in [0.5, 0.6) is 0 Å². The lowest BCUT2D eigenvalue weighted by molar-refractivity contribution is -0.143. The fourth-order valence-corrected chi connectivity index (χ4v) is 5.92. The Kier molecular flexibility index (Phi) is 5.42. The number of sulfonamides is 1. The van der Waals surface area contributed by atoms with E-state index in [1.807, 2.05) is 18.2 Å². The van der Waals surface area contributed by atoms with Crippen molar-refractivity contribution in [2.24, 2.45) is 4.40 Å². The molecule has 0 amide bonds. The lowest BCUT2D eigenvalue weighted by atomic mass is 10.3. The van der Waals surface area contributed by atoms with Crippen LogP contribution in [-0.4, -0.2) is 25.6 Å². The van der Waals surface area contributed by atoms with Crippen molar-refractivity contribution in [3.8, 4) is 0 Å². The summed E-state index contributed by atoms with van der Waals surface area (Å²) in [5.41, 5.74) is 0.724. The normalized spacial score (nSPS) is 12.6. The number of fused-ring (bicyclic) bond motifs is 1. The molecule has 0 aliphatic carbocycles. The molecule has 3 aromatic rings. The maximum atomic E-state index is 12.5. The third kappa shape index (κ3) is 4.02. The molecule has 0 radical (unpaired) electrons. The van der Waals surface area contributed by atoms with Crippen molar-refractivity contribution >= 4 is 64.8 Å². The zero-order valence-electron chi connectivity index (χ0n) is 13.0. The Morgan fingerprint density at radius 3 is 2.84 bits per heavy atom. The predicted molar refractivity (Wildman–Crippen MR) is 101 cm³/mol. The summed E-state index contributed by atoms with van der Waals surface area (Å²) in [6.45, 7) is 1.87. The number of nitrogens with zero attached hydrogens (tertiary/aromatic N) is 2. The third-order valence-corrected chi connectivity index (χ3v) is 7.47. The Bertz CT molecular complexity index is 1080. The van der Waals surface area contributed by atoms with Gasteiger partial charge < -0.3 is 9.30 Å². The Hall–Kier alpha value is -1.49. The van der Waals surface area contributed by atoms with Gasteiger partial charge in [0.05, 0.1) is 16.8 Å². The molecule has 0 saturated heterocycles. The molecule has 0 fully saturated rings. The average Bonchev–Trinajstić information content (AvgIpc) is 3.17. The molecule has 0 atom stereocenters. The van der Waals surface area contributed by atoms with E-state index in [1.54, 1.807) is 22.9 Å². The van der Waals surface area contributed by atoms with E-state index in [0.29, 0.717) is 0 Å². The van der Waals surface area contributed by atoms with Gasteiger partial charge in [0.2, 0.25) is 4.80 Å². The number of esters is 1. The topological polar surface area (TPSA) is 77.7 Å². The van der Waals surface area contributed by atoms with Gasteiger partial charge in [-0.2, -0.15) is 8.42 Å². The largest absolute Gasteiger partial charge is 0.465 e. The standard InChI is InChI=1S/C15H13BrN2O4S3/c1-2-22-13(19)9-18-11-6-5-10(16)8-12(11)24-15(18)17-25(20,21)14-4-3-7-23-14/h3-8H,2,9H2,1H3/b17-15-. The molecule has 10 heteroatoms. The van der Waals surface area contributed by atoms with Gasteiger partial charge in [-0.3, -0.25) is 4.79 Å². The summed E-state index contributed by atoms with van der Waals surface area (Å²) in [4.78, 5) is 12.2. The molecule has 0 saturated carbocycles. The van der Waals surface area contributed by atoms with Crippen LogP contribution in [0.3, 0.4) is 0 Å². The zero-order chi connectivity index (χ0) is 18.0. The summed E-state index contributed by atoms with van der Waals surface area (Å²) in [5, 5.41) is 1.68. The number of carbonyl (C=O) groups is 1. The molecule has 25 heavy (non-hydrogen) atoms. The second kappa shape index (κ2) is 7.40. The number of ether oxygens (including phenoxy) is 1. The average molecular weight is 461 g/mol. The Labute approximate surface area is 160 Å². The molecule has 6 nitrogen and oxygen atoms in total. The molecule has 2 heterocycles. The summed E-state index contributed by atoms with van der Waals surface area (Å²) in [7, 11) is -3.83. The minimum atomic E-state index is -3.83. The second-order valence-corrected chi connectivity index (χ2v) is 9.59. The van der Waals surface area contributed by atoms with E-state index in [2.05, 4.69) is 20.3 Å². The van der Waals surface area contributed by atoms with Crippen LogP contribution in [0, 0.1) is 0 Å². The highest BCUT2D eigenvalue weighted by atomic mass is 79.9. The van der Waals surface area contributed by atoms with Gasteiger partial charge in [-0.05, 0) is 36.6 Å². The lowest BCUT2D eigenvalue weighted by Crippen LogP contribution is -2.23. The Morgan fingerprint density at radius 1 is 1.36 bits per heavy atom. The first-order chi connectivity index (χ1) is 11.9. The first-order valence-corrected chi connectivity index (χ1v) is 11.1. The highest BCUT2D eigenvalue weighted by Gasteiger charge is 2.17. The maximum absolute atomic E-state index is 12.5. The number of hydrogen-bond donors (Lipinski definition) is 0. The van der Waals surface area contributed by atoms with Crippen LogP contribution in [0.15, 0.2) is 48.8 Å².